The summed E-state index contributed by atoms with van der Waals surface area (Å²) < 4.78 is 1.69. The lowest BCUT2D eigenvalue weighted by Crippen LogP contribution is -2.50. The Morgan fingerprint density at radius 1 is 1.09 bits per heavy atom. The van der Waals surface area contributed by atoms with Crippen molar-refractivity contribution in [2.75, 3.05) is 5.32 Å². The van der Waals surface area contributed by atoms with Crippen LogP contribution in [0, 0.1) is 31.6 Å². The molecule has 0 bridgehead atoms. The standard InChI is InChI=1S/C26H33N7O2/c1-14(2)33-20(11-12-28-33)25(34)30-24(23(17-5-6-17)18-7-8-18)26(35)29-21-10-9-19(13-27-21)22-15(3)31-32-16(22)4/h9-14,17-18,23-24H,5-8H2,1-4H3,(H,30,34)(H,31,32)(H,27,29,35)/t24-/m0/s1. The van der Waals surface area contributed by atoms with E-state index in [1.807, 2.05) is 33.8 Å². The molecule has 1 atom stereocenters. The van der Waals surface area contributed by atoms with Crippen molar-refractivity contribution in [2.24, 2.45) is 17.8 Å². The molecule has 3 aromatic heterocycles. The molecule has 3 heterocycles. The van der Waals surface area contributed by atoms with Gasteiger partial charge in [0.1, 0.15) is 17.6 Å². The molecule has 2 amide bonds. The molecule has 0 aliphatic heterocycles. The maximum Gasteiger partial charge on any atom is 0.270 e. The van der Waals surface area contributed by atoms with Gasteiger partial charge in [-0.2, -0.15) is 10.2 Å². The van der Waals surface area contributed by atoms with Gasteiger partial charge in [-0.1, -0.05) is 0 Å². The summed E-state index contributed by atoms with van der Waals surface area (Å²) in [7, 11) is 0. The molecular formula is C26H33N7O2. The molecule has 3 N–H and O–H groups in total. The largest absolute Gasteiger partial charge is 0.339 e. The van der Waals surface area contributed by atoms with Crippen LogP contribution in [-0.2, 0) is 4.79 Å². The number of aryl methyl sites for hydroxylation is 2. The molecule has 2 aliphatic rings. The first-order valence-electron chi connectivity index (χ1n) is 12.5. The van der Waals surface area contributed by atoms with Gasteiger partial charge in [0.2, 0.25) is 5.91 Å². The smallest absolute Gasteiger partial charge is 0.270 e. The SMILES string of the molecule is Cc1n[nH]c(C)c1-c1ccc(NC(=O)[C@@H](NC(=O)c2ccnn2C(C)C)C(C2CC2)C2CC2)nc1. The van der Waals surface area contributed by atoms with Crippen molar-refractivity contribution in [3.63, 3.8) is 0 Å². The highest BCUT2D eigenvalue weighted by Crippen LogP contribution is 2.51. The number of aromatic amines is 1. The number of amides is 2. The van der Waals surface area contributed by atoms with E-state index in [4.69, 9.17) is 0 Å². The first kappa shape index (κ1) is 23.3. The van der Waals surface area contributed by atoms with Crippen molar-refractivity contribution in [3.05, 3.63) is 47.7 Å². The summed E-state index contributed by atoms with van der Waals surface area (Å²) in [5.41, 5.74) is 4.30. The van der Waals surface area contributed by atoms with Crippen LogP contribution in [0.25, 0.3) is 11.1 Å². The minimum absolute atomic E-state index is 0.0471. The fraction of sp³-hybridized carbons (Fsp3) is 0.500. The predicted molar refractivity (Wildman–Crippen MR) is 133 cm³/mol. The lowest BCUT2D eigenvalue weighted by Gasteiger charge is -2.27. The number of hydrogen-bond donors (Lipinski definition) is 3. The average molecular weight is 476 g/mol. The lowest BCUT2D eigenvalue weighted by atomic mass is 9.88. The summed E-state index contributed by atoms with van der Waals surface area (Å²) in [5.74, 6) is 1.09. The molecular weight excluding hydrogens is 442 g/mol. The molecule has 0 radical (unpaired) electrons. The minimum atomic E-state index is -0.613. The van der Waals surface area contributed by atoms with Crippen molar-refractivity contribution in [1.82, 2.24) is 30.3 Å². The second kappa shape index (κ2) is 9.28. The van der Waals surface area contributed by atoms with E-state index in [2.05, 4.69) is 30.9 Å². The van der Waals surface area contributed by atoms with Gasteiger partial charge in [0, 0.05) is 35.3 Å². The predicted octanol–water partition coefficient (Wildman–Crippen LogP) is 4.04. The number of pyridine rings is 1. The number of H-pyrrole nitrogens is 1. The van der Waals surface area contributed by atoms with Gasteiger partial charge in [0.05, 0.1) is 5.69 Å². The number of nitrogens with one attached hydrogen (secondary N) is 3. The Hall–Kier alpha value is -3.49. The monoisotopic (exact) mass is 475 g/mol. The van der Waals surface area contributed by atoms with E-state index >= 15 is 0 Å². The molecule has 184 valence electrons. The van der Waals surface area contributed by atoms with Crippen LogP contribution >= 0.6 is 0 Å². The summed E-state index contributed by atoms with van der Waals surface area (Å²) in [5, 5.41) is 17.6. The summed E-state index contributed by atoms with van der Waals surface area (Å²) in [6.45, 7) is 7.88. The van der Waals surface area contributed by atoms with Crippen LogP contribution in [0.2, 0.25) is 0 Å². The Morgan fingerprint density at radius 3 is 2.34 bits per heavy atom. The van der Waals surface area contributed by atoms with E-state index < -0.39 is 6.04 Å². The van der Waals surface area contributed by atoms with E-state index in [1.165, 1.54) is 0 Å². The van der Waals surface area contributed by atoms with Crippen molar-refractivity contribution in [1.29, 1.82) is 0 Å². The van der Waals surface area contributed by atoms with Gasteiger partial charge >= 0.3 is 0 Å². The molecule has 0 aromatic carbocycles. The molecule has 2 fully saturated rings. The maximum absolute atomic E-state index is 13.6. The van der Waals surface area contributed by atoms with Gasteiger partial charge in [0.25, 0.3) is 5.91 Å². The number of rotatable bonds is 9. The third-order valence-corrected chi connectivity index (χ3v) is 7.11. The third kappa shape index (κ3) is 4.85. The molecule has 9 heteroatoms. The summed E-state index contributed by atoms with van der Waals surface area (Å²) >= 11 is 0. The van der Waals surface area contributed by atoms with Gasteiger partial charge in [-0.15, -0.1) is 0 Å². The Balaban J connectivity index is 1.36. The van der Waals surface area contributed by atoms with Crippen LogP contribution in [0.5, 0.6) is 0 Å². The van der Waals surface area contributed by atoms with Crippen LogP contribution in [0.15, 0.2) is 30.6 Å². The Bertz CT molecular complexity index is 1190. The molecule has 0 unspecified atom stereocenters. The van der Waals surface area contributed by atoms with Crippen molar-refractivity contribution >= 4 is 17.6 Å². The number of aromatic nitrogens is 5. The van der Waals surface area contributed by atoms with Crippen molar-refractivity contribution < 1.29 is 9.59 Å². The first-order chi connectivity index (χ1) is 16.8. The van der Waals surface area contributed by atoms with E-state index in [9.17, 15) is 9.59 Å². The zero-order chi connectivity index (χ0) is 24.7. The highest BCUT2D eigenvalue weighted by atomic mass is 16.2. The molecule has 2 aliphatic carbocycles. The number of hydrogen-bond acceptors (Lipinski definition) is 5. The van der Waals surface area contributed by atoms with Crippen LogP contribution < -0.4 is 10.6 Å². The van der Waals surface area contributed by atoms with Gasteiger partial charge in [0.15, 0.2) is 0 Å². The quantitative estimate of drug-likeness (QED) is 0.432. The normalized spacial score (nSPS) is 16.5. The van der Waals surface area contributed by atoms with Crippen LogP contribution in [0.3, 0.4) is 0 Å². The first-order valence-corrected chi connectivity index (χ1v) is 12.5. The van der Waals surface area contributed by atoms with E-state index in [0.717, 1.165) is 48.2 Å². The van der Waals surface area contributed by atoms with Crippen molar-refractivity contribution in [3.8, 4) is 11.1 Å². The Kier molecular flexibility index (Phi) is 6.17. The van der Waals surface area contributed by atoms with Gasteiger partial charge in [-0.05, 0) is 89.3 Å². The second-order valence-corrected chi connectivity index (χ2v) is 10.2. The zero-order valence-electron chi connectivity index (χ0n) is 20.7. The zero-order valence-corrected chi connectivity index (χ0v) is 20.7. The molecule has 3 aromatic rings. The maximum atomic E-state index is 13.6. The Morgan fingerprint density at radius 2 is 1.80 bits per heavy atom. The minimum Gasteiger partial charge on any atom is -0.339 e. The van der Waals surface area contributed by atoms with Gasteiger partial charge in [-0.25, -0.2) is 4.98 Å². The molecule has 2 saturated carbocycles. The molecule has 0 spiro atoms. The number of nitrogens with zero attached hydrogens (tertiary/aromatic N) is 4. The lowest BCUT2D eigenvalue weighted by molar-refractivity contribution is -0.119. The topological polar surface area (TPSA) is 118 Å². The van der Waals surface area contributed by atoms with Gasteiger partial charge < -0.3 is 10.6 Å². The summed E-state index contributed by atoms with van der Waals surface area (Å²) in [6, 6.07) is 4.87. The van der Waals surface area contributed by atoms with Crippen LogP contribution in [0.4, 0.5) is 5.82 Å². The second-order valence-electron chi connectivity index (χ2n) is 10.2. The summed E-state index contributed by atoms with van der Waals surface area (Å²) in [6.07, 6.45) is 7.82. The molecule has 5 rings (SSSR count). The Labute approximate surface area is 205 Å². The van der Waals surface area contributed by atoms with E-state index in [0.29, 0.717) is 23.3 Å². The van der Waals surface area contributed by atoms with Crippen molar-refractivity contribution in [2.45, 2.75) is 65.5 Å². The number of carbonyl (C=O) groups excluding carboxylic acids is 2. The molecule has 9 nitrogen and oxygen atoms in total. The van der Waals surface area contributed by atoms with Crippen LogP contribution in [0.1, 0.15) is 67.4 Å². The summed E-state index contributed by atoms with van der Waals surface area (Å²) in [4.78, 5) is 31.3. The molecule has 0 saturated heterocycles. The van der Waals surface area contributed by atoms with E-state index in [-0.39, 0.29) is 23.8 Å². The highest BCUT2D eigenvalue weighted by Gasteiger charge is 2.48. The average Bonchev–Trinajstić information content (AvgIpc) is 3.76. The van der Waals surface area contributed by atoms with Crippen LogP contribution in [-0.4, -0.2) is 42.8 Å². The highest BCUT2D eigenvalue weighted by molar-refractivity contribution is 6.00. The van der Waals surface area contributed by atoms with Gasteiger partial charge in [-0.3, -0.25) is 19.4 Å². The fourth-order valence-corrected chi connectivity index (χ4v) is 5.14. The third-order valence-electron chi connectivity index (χ3n) is 7.11. The number of anilines is 1. The molecule has 35 heavy (non-hydrogen) atoms. The fourth-order valence-electron chi connectivity index (χ4n) is 5.14. The van der Waals surface area contributed by atoms with E-state index in [1.54, 1.807) is 29.2 Å². The number of carbonyl (C=O) groups is 2.